The standard InChI is InChI=1S/C6H4NS/c1-5-2-6(3-7)8-4-5/h2H,1H3. The molecule has 1 nitrogen and oxygen atoms in total. The molecule has 0 aromatic carbocycles. The molecule has 0 aliphatic carbocycles. The minimum atomic E-state index is 0.738. The summed E-state index contributed by atoms with van der Waals surface area (Å²) in [6.45, 7) is 1.93. The number of hydrogen-bond acceptors (Lipinski definition) is 2. The maximum Gasteiger partial charge on any atom is 0.110 e. The van der Waals surface area contributed by atoms with Gasteiger partial charge in [0.1, 0.15) is 10.9 Å². The van der Waals surface area contributed by atoms with E-state index in [-0.39, 0.29) is 0 Å². The van der Waals surface area contributed by atoms with Gasteiger partial charge in [-0.25, -0.2) is 0 Å². The molecule has 1 aromatic rings. The molecular formula is C6H4NS. The first-order valence-corrected chi connectivity index (χ1v) is 3.03. The third kappa shape index (κ3) is 0.877. The van der Waals surface area contributed by atoms with Gasteiger partial charge in [0.2, 0.25) is 0 Å². The van der Waals surface area contributed by atoms with Crippen LogP contribution in [0.3, 0.4) is 0 Å². The van der Waals surface area contributed by atoms with Crippen LogP contribution in [0.4, 0.5) is 0 Å². The second-order valence-electron chi connectivity index (χ2n) is 1.51. The third-order valence-electron chi connectivity index (χ3n) is 0.780. The number of thiophene rings is 1. The summed E-state index contributed by atoms with van der Waals surface area (Å²) < 4.78 is 0. The summed E-state index contributed by atoms with van der Waals surface area (Å²) in [7, 11) is 0. The Hall–Kier alpha value is -0.810. The summed E-state index contributed by atoms with van der Waals surface area (Å²) in [4.78, 5) is 0.738. The van der Waals surface area contributed by atoms with Crippen LogP contribution in [0.2, 0.25) is 0 Å². The maximum absolute atomic E-state index is 8.29. The highest BCUT2D eigenvalue weighted by Crippen LogP contribution is 2.09. The number of nitrogens with zero attached hydrogens (tertiary/aromatic N) is 1. The van der Waals surface area contributed by atoms with Gasteiger partial charge in [-0.3, -0.25) is 0 Å². The lowest BCUT2D eigenvalue weighted by molar-refractivity contribution is 1.50. The van der Waals surface area contributed by atoms with E-state index < -0.39 is 0 Å². The molecule has 0 unspecified atom stereocenters. The first kappa shape index (κ1) is 5.33. The first-order valence-electron chi connectivity index (χ1n) is 2.21. The van der Waals surface area contributed by atoms with E-state index in [0.717, 1.165) is 10.4 Å². The molecule has 39 valence electrons. The van der Waals surface area contributed by atoms with Crippen molar-refractivity contribution in [1.82, 2.24) is 0 Å². The highest BCUT2D eigenvalue weighted by atomic mass is 32.1. The lowest BCUT2D eigenvalue weighted by atomic mass is 10.3. The van der Waals surface area contributed by atoms with Gasteiger partial charge in [-0.15, -0.1) is 11.3 Å². The Kier molecular flexibility index (Phi) is 1.32. The molecule has 0 spiro atoms. The smallest absolute Gasteiger partial charge is 0.110 e. The first-order chi connectivity index (χ1) is 3.83. The molecule has 0 amide bonds. The summed E-state index contributed by atoms with van der Waals surface area (Å²) in [6.07, 6.45) is 0. The molecule has 1 radical (unpaired) electrons. The summed E-state index contributed by atoms with van der Waals surface area (Å²) in [5, 5.41) is 11.2. The lowest BCUT2D eigenvalue weighted by Crippen LogP contribution is -1.56. The van der Waals surface area contributed by atoms with Crippen LogP contribution in [0.5, 0.6) is 0 Å². The molecule has 2 heteroatoms. The van der Waals surface area contributed by atoms with Gasteiger partial charge in [0.05, 0.1) is 0 Å². The Morgan fingerprint density at radius 1 is 1.88 bits per heavy atom. The van der Waals surface area contributed by atoms with Gasteiger partial charge in [-0.2, -0.15) is 5.26 Å². The van der Waals surface area contributed by atoms with Crippen molar-refractivity contribution in [2.75, 3.05) is 0 Å². The van der Waals surface area contributed by atoms with Crippen LogP contribution >= 0.6 is 11.3 Å². The number of rotatable bonds is 0. The van der Waals surface area contributed by atoms with Crippen molar-refractivity contribution in [2.45, 2.75) is 6.92 Å². The predicted octanol–water partition coefficient (Wildman–Crippen LogP) is 1.73. The minimum Gasteiger partial charge on any atom is -0.192 e. The number of hydrogen-bond donors (Lipinski definition) is 0. The molecule has 0 fully saturated rings. The zero-order valence-corrected chi connectivity index (χ0v) is 5.25. The Balaban J connectivity index is 3.05. The van der Waals surface area contributed by atoms with Gasteiger partial charge in [-0.05, 0) is 18.6 Å². The molecule has 0 aliphatic rings. The topological polar surface area (TPSA) is 23.8 Å². The van der Waals surface area contributed by atoms with Gasteiger partial charge in [0, 0.05) is 5.38 Å². The molecule has 0 atom stereocenters. The molecule has 0 N–H and O–H groups in total. The number of nitriles is 1. The van der Waals surface area contributed by atoms with Crippen molar-refractivity contribution in [3.05, 3.63) is 21.9 Å². The van der Waals surface area contributed by atoms with Crippen molar-refractivity contribution >= 4 is 11.3 Å². The minimum absolute atomic E-state index is 0.738. The SMILES string of the molecule is Cc1[c]sc(C#N)c1. The second-order valence-corrected chi connectivity index (χ2v) is 2.36. The van der Waals surface area contributed by atoms with Crippen molar-refractivity contribution in [3.63, 3.8) is 0 Å². The van der Waals surface area contributed by atoms with Crippen LogP contribution in [0.1, 0.15) is 10.4 Å². The normalized spacial score (nSPS) is 8.50. The predicted molar refractivity (Wildman–Crippen MR) is 32.6 cm³/mol. The molecule has 1 aromatic heterocycles. The molecule has 0 aliphatic heterocycles. The largest absolute Gasteiger partial charge is 0.192 e. The summed E-state index contributed by atoms with van der Waals surface area (Å²) in [6, 6.07) is 3.86. The van der Waals surface area contributed by atoms with E-state index in [4.69, 9.17) is 5.26 Å². The van der Waals surface area contributed by atoms with Gasteiger partial charge in [0.25, 0.3) is 0 Å². The highest BCUT2D eigenvalue weighted by molar-refractivity contribution is 7.10. The Morgan fingerprint density at radius 3 is 2.88 bits per heavy atom. The Morgan fingerprint density at radius 2 is 2.62 bits per heavy atom. The zero-order chi connectivity index (χ0) is 5.98. The van der Waals surface area contributed by atoms with Gasteiger partial charge in [0.15, 0.2) is 0 Å². The summed E-state index contributed by atoms with van der Waals surface area (Å²) in [5.74, 6) is 0. The molecule has 1 rings (SSSR count). The zero-order valence-electron chi connectivity index (χ0n) is 4.43. The van der Waals surface area contributed by atoms with Gasteiger partial charge < -0.3 is 0 Å². The van der Waals surface area contributed by atoms with E-state index in [0.29, 0.717) is 0 Å². The van der Waals surface area contributed by atoms with E-state index in [1.807, 2.05) is 19.1 Å². The quantitative estimate of drug-likeness (QED) is 0.514. The van der Waals surface area contributed by atoms with E-state index >= 15 is 0 Å². The maximum atomic E-state index is 8.29. The lowest BCUT2D eigenvalue weighted by Gasteiger charge is -1.67. The summed E-state index contributed by atoms with van der Waals surface area (Å²) >= 11 is 1.36. The Bertz CT molecular complexity index is 219. The Labute approximate surface area is 52.2 Å². The average molecular weight is 122 g/mol. The molecule has 0 saturated heterocycles. The van der Waals surface area contributed by atoms with E-state index in [9.17, 15) is 0 Å². The fourth-order valence-electron chi connectivity index (χ4n) is 0.446. The van der Waals surface area contributed by atoms with Crippen LogP contribution < -0.4 is 0 Å². The monoisotopic (exact) mass is 122 g/mol. The van der Waals surface area contributed by atoms with Crippen LogP contribution in [0.15, 0.2) is 6.07 Å². The van der Waals surface area contributed by atoms with Crippen LogP contribution in [0, 0.1) is 23.6 Å². The van der Waals surface area contributed by atoms with Crippen LogP contribution in [-0.2, 0) is 0 Å². The fraction of sp³-hybridized carbons (Fsp3) is 0.167. The van der Waals surface area contributed by atoms with Crippen molar-refractivity contribution in [3.8, 4) is 6.07 Å². The van der Waals surface area contributed by atoms with E-state index in [2.05, 4.69) is 5.38 Å². The average Bonchev–Trinajstić information content (AvgIpc) is 2.14. The van der Waals surface area contributed by atoms with Gasteiger partial charge in [-0.1, -0.05) is 0 Å². The highest BCUT2D eigenvalue weighted by Gasteiger charge is 1.90. The van der Waals surface area contributed by atoms with E-state index in [1.165, 1.54) is 11.3 Å². The molecule has 1 heterocycles. The van der Waals surface area contributed by atoms with E-state index in [1.54, 1.807) is 0 Å². The molecule has 0 saturated carbocycles. The molecule has 0 bridgehead atoms. The molecule has 8 heavy (non-hydrogen) atoms. The summed E-state index contributed by atoms with van der Waals surface area (Å²) in [5.41, 5.74) is 1.05. The van der Waals surface area contributed by atoms with Crippen molar-refractivity contribution in [2.24, 2.45) is 0 Å². The van der Waals surface area contributed by atoms with Crippen molar-refractivity contribution < 1.29 is 0 Å². The molecular weight excluding hydrogens is 118 g/mol. The second kappa shape index (κ2) is 1.97. The van der Waals surface area contributed by atoms with Crippen LogP contribution in [-0.4, -0.2) is 0 Å². The van der Waals surface area contributed by atoms with Gasteiger partial charge >= 0.3 is 0 Å². The van der Waals surface area contributed by atoms with Crippen molar-refractivity contribution in [1.29, 1.82) is 5.26 Å². The third-order valence-corrected chi connectivity index (χ3v) is 1.63. The van der Waals surface area contributed by atoms with Crippen LogP contribution in [0.25, 0.3) is 0 Å². The number of aryl methyl sites for hydroxylation is 1. The fourth-order valence-corrected chi connectivity index (χ4v) is 1.06.